The molecule has 0 spiro atoms. The number of benzene rings is 2. The third-order valence-electron chi connectivity index (χ3n) is 3.55. The highest BCUT2D eigenvalue weighted by Crippen LogP contribution is 2.31. The van der Waals surface area contributed by atoms with Gasteiger partial charge in [0.05, 0.1) is 24.3 Å². The third-order valence-corrected chi connectivity index (χ3v) is 6.16. The molecule has 27 heavy (non-hydrogen) atoms. The van der Waals surface area contributed by atoms with E-state index >= 15 is 0 Å². The zero-order valence-corrected chi connectivity index (χ0v) is 21.3. The number of ether oxygens (including phenoxy) is 2. The summed E-state index contributed by atoms with van der Waals surface area (Å²) in [5.74, 6) is 0.599. The van der Waals surface area contributed by atoms with E-state index < -0.39 is 5.97 Å². The van der Waals surface area contributed by atoms with Crippen LogP contribution < -0.4 is 4.74 Å². The Kier molecular flexibility index (Phi) is 7.42. The molecule has 0 radical (unpaired) electrons. The molecule has 1 aliphatic heterocycles. The van der Waals surface area contributed by atoms with Crippen LogP contribution in [0.25, 0.3) is 6.08 Å². The standard InChI is InChI=1S/C19H13ClI3NO3/c1-2-5-26-17-14(22)6-10(7-15(17)23)8-16-19(25)27-18(24-16)12-9-11(21)3-4-13(12)20/h3-4,6-9H,2,5H2,1H3/b16-8-. The maximum Gasteiger partial charge on any atom is 0.363 e. The molecule has 4 nitrogen and oxygen atoms in total. The van der Waals surface area contributed by atoms with Crippen molar-refractivity contribution in [3.63, 3.8) is 0 Å². The Morgan fingerprint density at radius 3 is 2.56 bits per heavy atom. The van der Waals surface area contributed by atoms with Crippen molar-refractivity contribution in [1.29, 1.82) is 0 Å². The highest BCUT2D eigenvalue weighted by Gasteiger charge is 2.26. The molecule has 3 rings (SSSR count). The molecule has 0 saturated heterocycles. The SMILES string of the molecule is CCCOc1c(I)cc(/C=C2\N=C(c3cc(I)ccc3Cl)OC2=O)cc1I. The van der Waals surface area contributed by atoms with Crippen LogP contribution in [-0.2, 0) is 9.53 Å². The van der Waals surface area contributed by atoms with Gasteiger partial charge in [-0.15, -0.1) is 0 Å². The lowest BCUT2D eigenvalue weighted by molar-refractivity contribution is -0.129. The van der Waals surface area contributed by atoms with Crippen LogP contribution in [-0.4, -0.2) is 18.5 Å². The maximum atomic E-state index is 12.3. The molecule has 0 saturated carbocycles. The van der Waals surface area contributed by atoms with Crippen molar-refractivity contribution in [3.05, 3.63) is 62.9 Å². The van der Waals surface area contributed by atoms with Crippen LogP contribution in [0.1, 0.15) is 24.5 Å². The lowest BCUT2D eigenvalue weighted by Crippen LogP contribution is -2.06. The van der Waals surface area contributed by atoms with Gasteiger partial charge in [-0.2, -0.15) is 0 Å². The van der Waals surface area contributed by atoms with Crippen molar-refractivity contribution in [3.8, 4) is 5.75 Å². The van der Waals surface area contributed by atoms with Gasteiger partial charge in [-0.1, -0.05) is 18.5 Å². The Morgan fingerprint density at radius 1 is 1.19 bits per heavy atom. The summed E-state index contributed by atoms with van der Waals surface area (Å²) in [5, 5.41) is 0.490. The van der Waals surface area contributed by atoms with Crippen LogP contribution >= 0.6 is 79.4 Å². The maximum absolute atomic E-state index is 12.3. The van der Waals surface area contributed by atoms with E-state index in [1.54, 1.807) is 12.1 Å². The molecule has 0 aliphatic carbocycles. The number of nitrogens with zero attached hydrogens (tertiary/aromatic N) is 1. The fourth-order valence-corrected chi connectivity index (χ4v) is 5.17. The minimum atomic E-state index is -0.490. The first-order valence-electron chi connectivity index (χ1n) is 7.99. The van der Waals surface area contributed by atoms with Crippen LogP contribution in [0.3, 0.4) is 0 Å². The van der Waals surface area contributed by atoms with Gasteiger partial charge in [0.1, 0.15) is 5.75 Å². The van der Waals surface area contributed by atoms with Crippen LogP contribution in [0, 0.1) is 10.7 Å². The zero-order chi connectivity index (χ0) is 19.6. The topological polar surface area (TPSA) is 47.9 Å². The Hall–Kier alpha value is -0.400. The van der Waals surface area contributed by atoms with Crippen molar-refractivity contribution >= 4 is 97.3 Å². The second kappa shape index (κ2) is 9.40. The van der Waals surface area contributed by atoms with E-state index in [0.29, 0.717) is 17.2 Å². The summed E-state index contributed by atoms with van der Waals surface area (Å²) in [6.45, 7) is 2.74. The summed E-state index contributed by atoms with van der Waals surface area (Å²) in [6, 6.07) is 9.40. The molecule has 0 fully saturated rings. The molecule has 1 heterocycles. The summed E-state index contributed by atoms with van der Waals surface area (Å²) in [6.07, 6.45) is 2.66. The van der Waals surface area contributed by atoms with Crippen molar-refractivity contribution in [2.45, 2.75) is 13.3 Å². The fourth-order valence-electron chi connectivity index (χ4n) is 2.35. The van der Waals surface area contributed by atoms with E-state index in [-0.39, 0.29) is 11.6 Å². The summed E-state index contributed by atoms with van der Waals surface area (Å²) in [7, 11) is 0. The molecule has 0 bridgehead atoms. The average Bonchev–Trinajstić information content (AvgIpc) is 2.97. The van der Waals surface area contributed by atoms with Gasteiger partial charge in [-0.05, 0) is 116 Å². The summed E-state index contributed by atoms with van der Waals surface area (Å²) >= 11 is 12.9. The molecule has 0 amide bonds. The Morgan fingerprint density at radius 2 is 1.89 bits per heavy atom. The highest BCUT2D eigenvalue weighted by molar-refractivity contribution is 14.1. The molecule has 0 unspecified atom stereocenters. The van der Waals surface area contributed by atoms with E-state index in [0.717, 1.165) is 28.4 Å². The van der Waals surface area contributed by atoms with Gasteiger partial charge >= 0.3 is 5.97 Å². The Labute approximate surface area is 203 Å². The second-order valence-electron chi connectivity index (χ2n) is 5.62. The molecular weight excluding hydrogens is 706 g/mol. The number of rotatable bonds is 5. The van der Waals surface area contributed by atoms with Gasteiger partial charge in [0.25, 0.3) is 0 Å². The smallest absolute Gasteiger partial charge is 0.363 e. The summed E-state index contributed by atoms with van der Waals surface area (Å²) in [4.78, 5) is 16.6. The molecule has 0 aromatic heterocycles. The first-order chi connectivity index (χ1) is 12.9. The van der Waals surface area contributed by atoms with E-state index in [1.807, 2.05) is 24.3 Å². The number of halogens is 4. The van der Waals surface area contributed by atoms with E-state index in [4.69, 9.17) is 21.1 Å². The first kappa shape index (κ1) is 21.3. The molecular formula is C19H13ClI3NO3. The van der Waals surface area contributed by atoms with E-state index in [2.05, 4.69) is 79.7 Å². The van der Waals surface area contributed by atoms with Crippen molar-refractivity contribution in [2.75, 3.05) is 6.61 Å². The Bertz CT molecular complexity index is 950. The number of carbonyl (C=O) groups is 1. The van der Waals surface area contributed by atoms with Crippen molar-refractivity contribution in [1.82, 2.24) is 0 Å². The first-order valence-corrected chi connectivity index (χ1v) is 11.6. The van der Waals surface area contributed by atoms with Crippen molar-refractivity contribution < 1.29 is 14.3 Å². The lowest BCUT2D eigenvalue weighted by atomic mass is 10.2. The van der Waals surface area contributed by atoms with Gasteiger partial charge < -0.3 is 9.47 Å². The largest absolute Gasteiger partial charge is 0.491 e. The fraction of sp³-hybridized carbons (Fsp3) is 0.158. The molecule has 8 heteroatoms. The minimum absolute atomic E-state index is 0.224. The molecule has 1 aliphatic rings. The van der Waals surface area contributed by atoms with Crippen LogP contribution in [0.4, 0.5) is 0 Å². The van der Waals surface area contributed by atoms with Gasteiger partial charge in [-0.3, -0.25) is 0 Å². The predicted octanol–water partition coefficient (Wildman–Crippen LogP) is 6.29. The Balaban J connectivity index is 1.94. The zero-order valence-electron chi connectivity index (χ0n) is 14.1. The van der Waals surface area contributed by atoms with Crippen LogP contribution in [0.15, 0.2) is 41.0 Å². The van der Waals surface area contributed by atoms with Gasteiger partial charge in [0.2, 0.25) is 5.90 Å². The van der Waals surface area contributed by atoms with Crippen LogP contribution in [0.2, 0.25) is 5.02 Å². The minimum Gasteiger partial charge on any atom is -0.491 e. The molecule has 0 N–H and O–H groups in total. The normalized spacial score (nSPS) is 15.1. The monoisotopic (exact) mass is 719 g/mol. The highest BCUT2D eigenvalue weighted by atomic mass is 127. The van der Waals surface area contributed by atoms with Gasteiger partial charge in [-0.25, -0.2) is 9.79 Å². The molecule has 2 aromatic carbocycles. The van der Waals surface area contributed by atoms with E-state index in [9.17, 15) is 4.79 Å². The number of hydrogen-bond acceptors (Lipinski definition) is 4. The average molecular weight is 719 g/mol. The number of esters is 1. The van der Waals surface area contributed by atoms with E-state index in [1.165, 1.54) is 0 Å². The predicted molar refractivity (Wildman–Crippen MR) is 132 cm³/mol. The lowest BCUT2D eigenvalue weighted by Gasteiger charge is -2.10. The molecule has 2 aromatic rings. The summed E-state index contributed by atoms with van der Waals surface area (Å²) < 4.78 is 14.1. The summed E-state index contributed by atoms with van der Waals surface area (Å²) in [5.41, 5.74) is 1.71. The number of aliphatic imine (C=N–C) groups is 1. The molecule has 140 valence electrons. The quantitative estimate of drug-likeness (QED) is 0.208. The van der Waals surface area contributed by atoms with Crippen molar-refractivity contribution in [2.24, 2.45) is 4.99 Å². The number of cyclic esters (lactones) is 1. The van der Waals surface area contributed by atoms with Gasteiger partial charge in [0.15, 0.2) is 5.70 Å². The van der Waals surface area contributed by atoms with Crippen LogP contribution in [0.5, 0.6) is 5.75 Å². The molecule has 0 atom stereocenters. The number of carbonyl (C=O) groups excluding carboxylic acids is 1. The third kappa shape index (κ3) is 5.15. The van der Waals surface area contributed by atoms with Gasteiger partial charge in [0, 0.05) is 3.57 Å². The number of hydrogen-bond donors (Lipinski definition) is 0. The second-order valence-corrected chi connectivity index (χ2v) is 9.60.